The molecule has 0 fully saturated rings. The summed E-state index contributed by atoms with van der Waals surface area (Å²) in [6, 6.07) is 49.9. The fourth-order valence-electron chi connectivity index (χ4n) is 7.88. The average Bonchev–Trinajstić information content (AvgIpc) is 3.73. The molecule has 0 aliphatic heterocycles. The number of furan rings is 2. The summed E-state index contributed by atoms with van der Waals surface area (Å²) in [7, 11) is 0. The van der Waals surface area contributed by atoms with Crippen LogP contribution in [0.15, 0.2) is 148 Å². The zero-order valence-corrected chi connectivity index (χ0v) is 25.5. The molecular formula is C43H29NO2. The van der Waals surface area contributed by atoms with Gasteiger partial charge in [-0.25, -0.2) is 0 Å². The molecule has 0 unspecified atom stereocenters. The third-order valence-electron chi connectivity index (χ3n) is 10.0. The van der Waals surface area contributed by atoms with Crippen molar-refractivity contribution >= 4 is 71.7 Å². The van der Waals surface area contributed by atoms with Crippen LogP contribution in [0.4, 0.5) is 17.1 Å². The molecule has 3 nitrogen and oxygen atoms in total. The zero-order valence-electron chi connectivity index (χ0n) is 25.5. The van der Waals surface area contributed by atoms with Gasteiger partial charge in [0, 0.05) is 50.0 Å². The Bertz CT molecular complexity index is 2690. The Morgan fingerprint density at radius 3 is 2.00 bits per heavy atom. The Kier molecular flexibility index (Phi) is 5.06. The zero-order chi connectivity index (χ0) is 30.6. The first-order chi connectivity index (χ1) is 22.6. The van der Waals surface area contributed by atoms with Gasteiger partial charge in [-0.3, -0.25) is 0 Å². The van der Waals surface area contributed by atoms with Crippen LogP contribution in [0.1, 0.15) is 25.0 Å². The van der Waals surface area contributed by atoms with Crippen LogP contribution in [-0.2, 0) is 5.41 Å². The van der Waals surface area contributed by atoms with Crippen LogP contribution in [0, 0.1) is 0 Å². The number of benzene rings is 7. The molecule has 2 aromatic heterocycles. The van der Waals surface area contributed by atoms with E-state index < -0.39 is 0 Å². The molecule has 9 aromatic rings. The lowest BCUT2D eigenvalue weighted by molar-refractivity contribution is 0.660. The molecule has 0 saturated heterocycles. The molecule has 1 aliphatic rings. The molecule has 7 aromatic carbocycles. The number of fused-ring (bicyclic) bond motifs is 11. The second-order valence-corrected chi connectivity index (χ2v) is 12.9. The van der Waals surface area contributed by atoms with Crippen LogP contribution in [0.5, 0.6) is 0 Å². The van der Waals surface area contributed by atoms with E-state index in [0.29, 0.717) is 0 Å². The Labute approximate surface area is 265 Å². The van der Waals surface area contributed by atoms with E-state index in [1.165, 1.54) is 33.0 Å². The highest BCUT2D eigenvalue weighted by atomic mass is 16.3. The monoisotopic (exact) mass is 591 g/mol. The lowest BCUT2D eigenvalue weighted by atomic mass is 9.82. The summed E-state index contributed by atoms with van der Waals surface area (Å²) in [5.41, 5.74) is 12.1. The molecule has 0 spiro atoms. The van der Waals surface area contributed by atoms with E-state index in [-0.39, 0.29) is 5.41 Å². The maximum atomic E-state index is 6.41. The van der Waals surface area contributed by atoms with Gasteiger partial charge in [0.05, 0.1) is 5.69 Å². The van der Waals surface area contributed by atoms with Gasteiger partial charge in [-0.1, -0.05) is 98.8 Å². The summed E-state index contributed by atoms with van der Waals surface area (Å²) >= 11 is 0. The van der Waals surface area contributed by atoms with Gasteiger partial charge in [-0.2, -0.15) is 0 Å². The SMILES string of the molecule is CC1(C)c2ccccc2-c2c(N(c3ccc4c(ccc5oc6ccccc6c54)c3)c3ccc4c(c3)oc3ccccc34)cccc21. The molecule has 0 bridgehead atoms. The van der Waals surface area contributed by atoms with E-state index >= 15 is 0 Å². The molecule has 1 aliphatic carbocycles. The fourth-order valence-corrected chi connectivity index (χ4v) is 7.88. The summed E-state index contributed by atoms with van der Waals surface area (Å²) in [5.74, 6) is 0. The van der Waals surface area contributed by atoms with Crippen LogP contribution in [-0.4, -0.2) is 0 Å². The first-order valence-corrected chi connectivity index (χ1v) is 15.9. The Hall–Kier alpha value is -5.80. The van der Waals surface area contributed by atoms with Crippen LogP contribution >= 0.6 is 0 Å². The number of hydrogen-bond acceptors (Lipinski definition) is 3. The second kappa shape index (κ2) is 9.12. The first kappa shape index (κ1) is 25.5. The van der Waals surface area contributed by atoms with E-state index in [9.17, 15) is 0 Å². The van der Waals surface area contributed by atoms with Crippen molar-refractivity contribution in [2.24, 2.45) is 0 Å². The lowest BCUT2D eigenvalue weighted by Gasteiger charge is -2.29. The van der Waals surface area contributed by atoms with Gasteiger partial charge in [0.2, 0.25) is 0 Å². The van der Waals surface area contributed by atoms with Gasteiger partial charge in [-0.05, 0) is 76.0 Å². The van der Waals surface area contributed by atoms with E-state index in [2.05, 4.69) is 134 Å². The number of para-hydroxylation sites is 2. The fraction of sp³-hybridized carbons (Fsp3) is 0.0698. The van der Waals surface area contributed by atoms with Gasteiger partial charge >= 0.3 is 0 Å². The van der Waals surface area contributed by atoms with Crippen LogP contribution in [0.3, 0.4) is 0 Å². The second-order valence-electron chi connectivity index (χ2n) is 12.9. The molecule has 0 atom stereocenters. The van der Waals surface area contributed by atoms with E-state index in [0.717, 1.165) is 60.9 Å². The van der Waals surface area contributed by atoms with Gasteiger partial charge in [0.25, 0.3) is 0 Å². The Balaban J connectivity index is 1.25. The first-order valence-electron chi connectivity index (χ1n) is 15.9. The van der Waals surface area contributed by atoms with Crippen molar-refractivity contribution in [2.45, 2.75) is 19.3 Å². The predicted octanol–water partition coefficient (Wildman–Crippen LogP) is 12.4. The average molecular weight is 592 g/mol. The predicted molar refractivity (Wildman–Crippen MR) is 191 cm³/mol. The molecule has 0 radical (unpaired) electrons. The number of nitrogens with zero attached hydrogens (tertiary/aromatic N) is 1. The minimum Gasteiger partial charge on any atom is -0.456 e. The summed E-state index contributed by atoms with van der Waals surface area (Å²) in [6.07, 6.45) is 0. The summed E-state index contributed by atoms with van der Waals surface area (Å²) in [4.78, 5) is 2.40. The van der Waals surface area contributed by atoms with E-state index in [4.69, 9.17) is 8.83 Å². The molecule has 0 amide bonds. The maximum Gasteiger partial charge on any atom is 0.137 e. The maximum absolute atomic E-state index is 6.41. The molecule has 10 rings (SSSR count). The topological polar surface area (TPSA) is 29.5 Å². The Morgan fingerprint density at radius 1 is 0.478 bits per heavy atom. The van der Waals surface area contributed by atoms with Crippen LogP contribution in [0.2, 0.25) is 0 Å². The standard InChI is InChI=1S/C43H29NO2/c1-43(2)34-13-6-3-11-32(34)42-35(43)14-9-15-36(42)44(28-20-22-31-30-10-4-7-16-37(30)46-40(31)25-28)27-19-21-29-26(24-27)18-23-39-41(29)33-12-5-8-17-38(33)45-39/h3-25H,1-2H3. The number of rotatable bonds is 3. The molecule has 218 valence electrons. The van der Waals surface area contributed by atoms with Gasteiger partial charge in [0.15, 0.2) is 0 Å². The third kappa shape index (κ3) is 3.43. The van der Waals surface area contributed by atoms with E-state index in [1.807, 2.05) is 24.3 Å². The molecule has 0 N–H and O–H groups in total. The van der Waals surface area contributed by atoms with Crippen LogP contribution < -0.4 is 4.90 Å². The number of hydrogen-bond donors (Lipinski definition) is 0. The van der Waals surface area contributed by atoms with Crippen molar-refractivity contribution < 1.29 is 8.83 Å². The summed E-state index contributed by atoms with van der Waals surface area (Å²) < 4.78 is 12.6. The molecule has 46 heavy (non-hydrogen) atoms. The van der Waals surface area contributed by atoms with Crippen molar-refractivity contribution in [3.8, 4) is 11.1 Å². The quantitative estimate of drug-likeness (QED) is 0.205. The largest absolute Gasteiger partial charge is 0.456 e. The van der Waals surface area contributed by atoms with Gasteiger partial charge in [-0.15, -0.1) is 0 Å². The van der Waals surface area contributed by atoms with Gasteiger partial charge < -0.3 is 13.7 Å². The van der Waals surface area contributed by atoms with Crippen molar-refractivity contribution in [3.63, 3.8) is 0 Å². The highest BCUT2D eigenvalue weighted by molar-refractivity contribution is 6.19. The smallest absolute Gasteiger partial charge is 0.137 e. The Morgan fingerprint density at radius 2 is 1.13 bits per heavy atom. The number of anilines is 3. The molecule has 3 heteroatoms. The van der Waals surface area contributed by atoms with Crippen molar-refractivity contribution in [1.82, 2.24) is 0 Å². The summed E-state index contributed by atoms with van der Waals surface area (Å²) in [5, 5.41) is 6.91. The normalized spacial score (nSPS) is 13.6. The third-order valence-corrected chi connectivity index (χ3v) is 10.0. The molecule has 0 saturated carbocycles. The molecule has 2 heterocycles. The van der Waals surface area contributed by atoms with Gasteiger partial charge in [0.1, 0.15) is 22.3 Å². The highest BCUT2D eigenvalue weighted by Gasteiger charge is 2.37. The van der Waals surface area contributed by atoms with Crippen molar-refractivity contribution in [1.29, 1.82) is 0 Å². The lowest BCUT2D eigenvalue weighted by Crippen LogP contribution is -2.16. The highest BCUT2D eigenvalue weighted by Crippen LogP contribution is 2.54. The van der Waals surface area contributed by atoms with Crippen LogP contribution in [0.25, 0.3) is 65.8 Å². The summed E-state index contributed by atoms with van der Waals surface area (Å²) in [6.45, 7) is 4.67. The minimum atomic E-state index is -0.104. The van der Waals surface area contributed by atoms with E-state index in [1.54, 1.807) is 0 Å². The molecular weight excluding hydrogens is 562 g/mol. The van der Waals surface area contributed by atoms with Crippen molar-refractivity contribution in [3.05, 3.63) is 151 Å². The van der Waals surface area contributed by atoms with Crippen molar-refractivity contribution in [2.75, 3.05) is 4.90 Å². The minimum absolute atomic E-state index is 0.104.